The highest BCUT2D eigenvalue weighted by Gasteiger charge is 2.36. The fourth-order valence-corrected chi connectivity index (χ4v) is 7.48. The van der Waals surface area contributed by atoms with Crippen LogP contribution in [0.4, 0.5) is 16.1 Å². The summed E-state index contributed by atoms with van der Waals surface area (Å²) in [5.41, 5.74) is 3.69. The fraction of sp³-hybridized carbons (Fsp3) is 0.483. The first-order valence-electron chi connectivity index (χ1n) is 14.2. The summed E-state index contributed by atoms with van der Waals surface area (Å²) in [5.74, 6) is 0.929. The summed E-state index contributed by atoms with van der Waals surface area (Å²) in [7, 11) is 1.96. The molecular weight excluding hydrogens is 571 g/mol. The minimum absolute atomic E-state index is 0.0765. The number of fused-ring (bicyclic) bond motifs is 1. The molecule has 3 aromatic heterocycles. The monoisotopic (exact) mass is 605 g/mol. The standard InChI is InChI=1S/C29H35N9O2S2/c1-6-22-26(34(5)27-32-25(23(11-30)41-27)20-9-7-17(2)8-10-20)38-28(31-22)42-29(33-38)37-13-18(3)35(12-19(37)4)16-24(40)36-14-21(39)15-36/h7-10,18-19,21,39H,6,12-16H2,1-5H3/t18-,19+/m0/s1. The normalized spacial score (nSPS) is 19.7. The van der Waals surface area contributed by atoms with Crippen LogP contribution in [0.25, 0.3) is 16.2 Å². The minimum atomic E-state index is -0.387. The Morgan fingerprint density at radius 3 is 2.52 bits per heavy atom. The van der Waals surface area contributed by atoms with E-state index in [1.54, 1.807) is 16.2 Å². The summed E-state index contributed by atoms with van der Waals surface area (Å²) in [6.07, 6.45) is 0.350. The Balaban J connectivity index is 1.25. The van der Waals surface area contributed by atoms with E-state index in [-0.39, 0.29) is 24.1 Å². The smallest absolute Gasteiger partial charge is 0.236 e. The number of thiazole rings is 1. The summed E-state index contributed by atoms with van der Waals surface area (Å²) in [6.45, 7) is 11.2. The molecular formula is C29H35N9O2S2. The Labute approximate surface area is 253 Å². The van der Waals surface area contributed by atoms with E-state index >= 15 is 0 Å². The maximum absolute atomic E-state index is 12.7. The number of aryl methyl sites for hydroxylation is 2. The second-order valence-corrected chi connectivity index (χ2v) is 13.2. The lowest BCUT2D eigenvalue weighted by Crippen LogP contribution is -2.61. The van der Waals surface area contributed by atoms with Crippen LogP contribution in [0.1, 0.15) is 36.9 Å². The number of aliphatic hydroxyl groups is 1. The van der Waals surface area contributed by atoms with E-state index in [2.05, 4.69) is 36.6 Å². The summed E-state index contributed by atoms with van der Waals surface area (Å²) in [4.78, 5) is 32.1. The molecule has 0 spiro atoms. The van der Waals surface area contributed by atoms with Crippen molar-refractivity contribution in [3.8, 4) is 17.3 Å². The number of benzene rings is 1. The van der Waals surface area contributed by atoms with E-state index in [0.717, 1.165) is 52.2 Å². The number of aliphatic hydroxyl groups excluding tert-OH is 1. The number of piperazine rings is 1. The van der Waals surface area contributed by atoms with Gasteiger partial charge >= 0.3 is 0 Å². The lowest BCUT2D eigenvalue weighted by atomic mass is 10.1. The molecule has 13 heteroatoms. The van der Waals surface area contributed by atoms with E-state index in [9.17, 15) is 15.2 Å². The van der Waals surface area contributed by atoms with Crippen LogP contribution in [0.3, 0.4) is 0 Å². The average Bonchev–Trinajstić information content (AvgIpc) is 3.65. The maximum atomic E-state index is 12.7. The van der Waals surface area contributed by atoms with Gasteiger partial charge in [-0.3, -0.25) is 9.69 Å². The Hall–Kier alpha value is -3.57. The van der Waals surface area contributed by atoms with E-state index in [0.29, 0.717) is 35.3 Å². The second-order valence-electron chi connectivity index (χ2n) is 11.3. The van der Waals surface area contributed by atoms with Crippen molar-refractivity contribution in [1.82, 2.24) is 29.4 Å². The number of hydrogen-bond donors (Lipinski definition) is 1. The van der Waals surface area contributed by atoms with Gasteiger partial charge in [-0.25, -0.2) is 9.97 Å². The highest BCUT2D eigenvalue weighted by atomic mass is 32.1. The molecule has 220 valence electrons. The molecule has 4 aromatic rings. The quantitative estimate of drug-likeness (QED) is 0.338. The molecule has 0 unspecified atom stereocenters. The van der Waals surface area contributed by atoms with E-state index in [1.165, 1.54) is 11.3 Å². The summed E-state index contributed by atoms with van der Waals surface area (Å²) in [5, 5.41) is 26.1. The molecule has 42 heavy (non-hydrogen) atoms. The van der Waals surface area contributed by atoms with Gasteiger partial charge in [0.2, 0.25) is 16.0 Å². The lowest BCUT2D eigenvalue weighted by molar-refractivity contribution is -0.143. The van der Waals surface area contributed by atoms with Crippen LogP contribution in [-0.4, -0.2) is 98.4 Å². The maximum Gasteiger partial charge on any atom is 0.236 e. The van der Waals surface area contributed by atoms with E-state index in [4.69, 9.17) is 15.1 Å². The van der Waals surface area contributed by atoms with Gasteiger partial charge in [0.25, 0.3) is 0 Å². The second kappa shape index (κ2) is 11.3. The number of nitrogens with zero attached hydrogens (tertiary/aromatic N) is 9. The van der Waals surface area contributed by atoms with Gasteiger partial charge in [0, 0.05) is 50.9 Å². The van der Waals surface area contributed by atoms with E-state index < -0.39 is 0 Å². The number of aromatic nitrogens is 4. The van der Waals surface area contributed by atoms with Crippen LogP contribution in [0.5, 0.6) is 0 Å². The Morgan fingerprint density at radius 1 is 1.12 bits per heavy atom. The SMILES string of the molecule is CCc1nc2sc(N3C[C@H](C)N(CC(=O)N4CC(O)C4)C[C@H]3C)nn2c1N(C)c1nc(-c2ccc(C)cc2)c(C#N)s1. The molecule has 5 heterocycles. The lowest BCUT2D eigenvalue weighted by Gasteiger charge is -2.45. The van der Waals surface area contributed by atoms with Crippen LogP contribution < -0.4 is 9.80 Å². The first-order valence-corrected chi connectivity index (χ1v) is 15.9. The van der Waals surface area contributed by atoms with Gasteiger partial charge in [0.15, 0.2) is 10.9 Å². The fourth-order valence-electron chi connectivity index (χ4n) is 5.60. The number of amides is 1. The van der Waals surface area contributed by atoms with Gasteiger partial charge in [-0.05, 0) is 27.2 Å². The summed E-state index contributed by atoms with van der Waals surface area (Å²) < 4.78 is 1.90. The number of rotatable bonds is 7. The molecule has 1 amide bonds. The number of imidazole rings is 1. The van der Waals surface area contributed by atoms with Crippen LogP contribution in [0, 0.1) is 18.3 Å². The van der Waals surface area contributed by atoms with Crippen molar-refractivity contribution in [1.29, 1.82) is 5.26 Å². The van der Waals surface area contributed by atoms with Gasteiger partial charge in [-0.1, -0.05) is 59.4 Å². The van der Waals surface area contributed by atoms with Gasteiger partial charge in [0.05, 0.1) is 18.3 Å². The molecule has 6 rings (SSSR count). The molecule has 0 saturated carbocycles. The number of hydrogen-bond acceptors (Lipinski definition) is 11. The molecule has 1 N–H and O–H groups in total. The predicted octanol–water partition coefficient (Wildman–Crippen LogP) is 3.53. The van der Waals surface area contributed by atoms with Crippen LogP contribution in [0.15, 0.2) is 24.3 Å². The molecule has 0 radical (unpaired) electrons. The largest absolute Gasteiger partial charge is 0.389 e. The third kappa shape index (κ3) is 5.13. The van der Waals surface area contributed by atoms with Crippen molar-refractivity contribution in [3.05, 3.63) is 40.4 Å². The van der Waals surface area contributed by atoms with Crippen molar-refractivity contribution in [2.45, 2.75) is 52.3 Å². The number of nitriles is 1. The average molecular weight is 606 g/mol. The molecule has 11 nitrogen and oxygen atoms in total. The highest BCUT2D eigenvalue weighted by molar-refractivity contribution is 7.20. The van der Waals surface area contributed by atoms with Crippen LogP contribution in [-0.2, 0) is 11.2 Å². The van der Waals surface area contributed by atoms with Crippen molar-refractivity contribution in [2.75, 3.05) is 49.6 Å². The Kier molecular flexibility index (Phi) is 7.65. The number of likely N-dealkylation sites (tertiary alicyclic amines) is 1. The molecule has 0 bridgehead atoms. The van der Waals surface area contributed by atoms with Gasteiger partial charge in [-0.2, -0.15) is 9.78 Å². The van der Waals surface area contributed by atoms with Crippen LogP contribution >= 0.6 is 22.7 Å². The molecule has 2 fully saturated rings. The molecule has 0 aliphatic carbocycles. The van der Waals surface area contributed by atoms with Crippen molar-refractivity contribution < 1.29 is 9.90 Å². The third-order valence-electron chi connectivity index (χ3n) is 8.13. The molecule has 2 aliphatic heterocycles. The highest BCUT2D eigenvalue weighted by Crippen LogP contribution is 2.38. The summed E-state index contributed by atoms with van der Waals surface area (Å²) >= 11 is 2.93. The van der Waals surface area contributed by atoms with Crippen molar-refractivity contribution in [2.24, 2.45) is 0 Å². The van der Waals surface area contributed by atoms with Gasteiger partial charge < -0.3 is 19.8 Å². The zero-order valence-electron chi connectivity index (χ0n) is 24.5. The number of anilines is 3. The number of β-amino-alcohol motifs (C(OH)–C–C–N with tert-alkyl or cyclic N) is 1. The first kappa shape index (κ1) is 28.5. The topological polar surface area (TPSA) is 117 Å². The third-order valence-corrected chi connectivity index (χ3v) is 10.1. The van der Waals surface area contributed by atoms with E-state index in [1.807, 2.05) is 47.7 Å². The first-order chi connectivity index (χ1) is 20.2. The van der Waals surface area contributed by atoms with Gasteiger partial charge in [-0.15, -0.1) is 5.10 Å². The Bertz CT molecular complexity index is 1650. The Morgan fingerprint density at radius 2 is 1.86 bits per heavy atom. The number of carbonyl (C=O) groups excluding carboxylic acids is 1. The predicted molar refractivity (Wildman–Crippen MR) is 166 cm³/mol. The zero-order chi connectivity index (χ0) is 29.7. The van der Waals surface area contributed by atoms with Gasteiger partial charge in [0.1, 0.15) is 16.6 Å². The zero-order valence-corrected chi connectivity index (χ0v) is 26.1. The molecule has 2 atom stereocenters. The summed E-state index contributed by atoms with van der Waals surface area (Å²) in [6, 6.07) is 10.7. The molecule has 2 saturated heterocycles. The van der Waals surface area contributed by atoms with Crippen molar-refractivity contribution >= 4 is 49.6 Å². The van der Waals surface area contributed by atoms with Crippen molar-refractivity contribution in [3.63, 3.8) is 0 Å². The van der Waals surface area contributed by atoms with Crippen LogP contribution in [0.2, 0.25) is 0 Å². The molecule has 2 aliphatic rings. The number of carbonyl (C=O) groups is 1. The minimum Gasteiger partial charge on any atom is -0.389 e. The molecule has 1 aromatic carbocycles.